The fourth-order valence-corrected chi connectivity index (χ4v) is 3.21. The van der Waals surface area contributed by atoms with Crippen molar-refractivity contribution in [2.24, 2.45) is 0 Å². The van der Waals surface area contributed by atoms with Crippen LogP contribution in [-0.4, -0.2) is 60.6 Å². The SMILES string of the molecule is CC1CNCCN1C1CCN(C2CC2)C1. The summed E-state index contributed by atoms with van der Waals surface area (Å²) in [5, 5.41) is 3.48. The van der Waals surface area contributed by atoms with Crippen LogP contribution in [0.2, 0.25) is 0 Å². The molecule has 3 rings (SSSR count). The Morgan fingerprint density at radius 1 is 1.07 bits per heavy atom. The number of rotatable bonds is 2. The van der Waals surface area contributed by atoms with Gasteiger partial charge in [0.2, 0.25) is 0 Å². The molecule has 0 radical (unpaired) electrons. The molecule has 0 bridgehead atoms. The average molecular weight is 209 g/mol. The zero-order chi connectivity index (χ0) is 10.3. The summed E-state index contributed by atoms with van der Waals surface area (Å²) < 4.78 is 0. The zero-order valence-corrected chi connectivity index (χ0v) is 9.78. The third kappa shape index (κ3) is 2.05. The molecule has 2 heterocycles. The summed E-state index contributed by atoms with van der Waals surface area (Å²) in [7, 11) is 0. The maximum Gasteiger partial charge on any atom is 0.0239 e. The predicted molar refractivity (Wildman–Crippen MR) is 62.0 cm³/mol. The van der Waals surface area contributed by atoms with E-state index in [2.05, 4.69) is 22.0 Å². The Hall–Kier alpha value is -0.120. The number of nitrogens with one attached hydrogen (secondary N) is 1. The molecule has 0 spiro atoms. The van der Waals surface area contributed by atoms with Gasteiger partial charge in [0, 0.05) is 50.8 Å². The Morgan fingerprint density at radius 3 is 2.67 bits per heavy atom. The lowest BCUT2D eigenvalue weighted by molar-refractivity contribution is 0.117. The molecule has 1 N–H and O–H groups in total. The molecule has 0 aromatic rings. The highest BCUT2D eigenvalue weighted by atomic mass is 15.3. The van der Waals surface area contributed by atoms with Crippen LogP contribution in [0.5, 0.6) is 0 Å². The van der Waals surface area contributed by atoms with Crippen LogP contribution in [-0.2, 0) is 0 Å². The van der Waals surface area contributed by atoms with Gasteiger partial charge in [0.15, 0.2) is 0 Å². The summed E-state index contributed by atoms with van der Waals surface area (Å²) in [6.07, 6.45) is 4.33. The van der Waals surface area contributed by atoms with Gasteiger partial charge in [-0.25, -0.2) is 0 Å². The second kappa shape index (κ2) is 4.04. The summed E-state index contributed by atoms with van der Waals surface area (Å²) >= 11 is 0. The smallest absolute Gasteiger partial charge is 0.0239 e. The van der Waals surface area contributed by atoms with Crippen LogP contribution < -0.4 is 5.32 Å². The first kappa shape index (κ1) is 10.1. The lowest BCUT2D eigenvalue weighted by Gasteiger charge is -2.38. The minimum absolute atomic E-state index is 0.739. The molecule has 2 unspecified atom stereocenters. The van der Waals surface area contributed by atoms with Crippen molar-refractivity contribution in [1.82, 2.24) is 15.1 Å². The topological polar surface area (TPSA) is 18.5 Å². The zero-order valence-electron chi connectivity index (χ0n) is 9.78. The quantitative estimate of drug-likeness (QED) is 0.715. The van der Waals surface area contributed by atoms with E-state index in [-0.39, 0.29) is 0 Å². The molecule has 2 aliphatic heterocycles. The average Bonchev–Trinajstić information content (AvgIpc) is 2.99. The molecule has 15 heavy (non-hydrogen) atoms. The molecule has 3 heteroatoms. The number of hydrogen-bond donors (Lipinski definition) is 1. The molecule has 2 saturated heterocycles. The van der Waals surface area contributed by atoms with E-state index in [9.17, 15) is 0 Å². The van der Waals surface area contributed by atoms with Gasteiger partial charge in [-0.15, -0.1) is 0 Å². The molecule has 0 amide bonds. The molecule has 3 fully saturated rings. The Balaban J connectivity index is 1.57. The van der Waals surface area contributed by atoms with E-state index in [1.54, 1.807) is 0 Å². The minimum Gasteiger partial charge on any atom is -0.314 e. The van der Waals surface area contributed by atoms with Gasteiger partial charge in [-0.05, 0) is 26.2 Å². The van der Waals surface area contributed by atoms with Crippen LogP contribution in [0.1, 0.15) is 26.2 Å². The Bertz CT molecular complexity index is 227. The van der Waals surface area contributed by atoms with Crippen LogP contribution in [0.15, 0.2) is 0 Å². The molecular formula is C12H23N3. The van der Waals surface area contributed by atoms with Crippen LogP contribution >= 0.6 is 0 Å². The third-order valence-electron chi connectivity index (χ3n) is 4.28. The maximum absolute atomic E-state index is 3.48. The van der Waals surface area contributed by atoms with Gasteiger partial charge in [-0.1, -0.05) is 0 Å². The van der Waals surface area contributed by atoms with Crippen LogP contribution in [0.25, 0.3) is 0 Å². The molecular weight excluding hydrogens is 186 g/mol. The monoisotopic (exact) mass is 209 g/mol. The molecule has 86 valence electrons. The minimum atomic E-state index is 0.739. The largest absolute Gasteiger partial charge is 0.314 e. The first-order valence-corrected chi connectivity index (χ1v) is 6.55. The van der Waals surface area contributed by atoms with Crippen molar-refractivity contribution in [3.05, 3.63) is 0 Å². The van der Waals surface area contributed by atoms with E-state index in [1.807, 2.05) is 0 Å². The van der Waals surface area contributed by atoms with Crippen molar-refractivity contribution >= 4 is 0 Å². The lowest BCUT2D eigenvalue weighted by atomic mass is 10.1. The van der Waals surface area contributed by atoms with E-state index in [0.717, 1.165) is 18.1 Å². The number of piperazine rings is 1. The van der Waals surface area contributed by atoms with Gasteiger partial charge in [-0.3, -0.25) is 9.80 Å². The second-order valence-electron chi connectivity index (χ2n) is 5.46. The van der Waals surface area contributed by atoms with E-state index in [0.29, 0.717) is 0 Å². The lowest BCUT2D eigenvalue weighted by Crippen LogP contribution is -2.54. The first-order valence-electron chi connectivity index (χ1n) is 6.55. The van der Waals surface area contributed by atoms with Crippen molar-refractivity contribution in [2.75, 3.05) is 32.7 Å². The molecule has 3 aliphatic rings. The summed E-state index contributed by atoms with van der Waals surface area (Å²) in [5.41, 5.74) is 0. The standard InChI is InChI=1S/C12H23N3/c1-10-8-13-5-7-15(10)12-4-6-14(9-12)11-2-3-11/h10-13H,2-9H2,1H3. The highest BCUT2D eigenvalue weighted by Gasteiger charge is 2.37. The normalized spacial score (nSPS) is 39.8. The molecule has 0 aromatic carbocycles. The van der Waals surface area contributed by atoms with Crippen LogP contribution in [0, 0.1) is 0 Å². The molecule has 2 atom stereocenters. The molecule has 1 aliphatic carbocycles. The van der Waals surface area contributed by atoms with E-state index < -0.39 is 0 Å². The summed E-state index contributed by atoms with van der Waals surface area (Å²) in [6, 6.07) is 2.55. The third-order valence-corrected chi connectivity index (χ3v) is 4.28. The summed E-state index contributed by atoms with van der Waals surface area (Å²) in [5.74, 6) is 0. The first-order chi connectivity index (χ1) is 7.34. The second-order valence-corrected chi connectivity index (χ2v) is 5.46. The van der Waals surface area contributed by atoms with E-state index >= 15 is 0 Å². The summed E-state index contributed by atoms with van der Waals surface area (Å²) in [6.45, 7) is 8.68. The van der Waals surface area contributed by atoms with E-state index in [4.69, 9.17) is 0 Å². The van der Waals surface area contributed by atoms with Gasteiger partial charge in [0.25, 0.3) is 0 Å². The fraction of sp³-hybridized carbons (Fsp3) is 1.00. The predicted octanol–water partition coefficient (Wildman–Crippen LogP) is 0.517. The van der Waals surface area contributed by atoms with Gasteiger partial charge in [-0.2, -0.15) is 0 Å². The number of nitrogens with zero attached hydrogens (tertiary/aromatic N) is 2. The highest BCUT2D eigenvalue weighted by molar-refractivity contribution is 4.94. The van der Waals surface area contributed by atoms with Crippen molar-refractivity contribution in [1.29, 1.82) is 0 Å². The van der Waals surface area contributed by atoms with Crippen molar-refractivity contribution in [2.45, 2.75) is 44.3 Å². The molecule has 3 nitrogen and oxygen atoms in total. The number of likely N-dealkylation sites (tertiary alicyclic amines) is 1. The Kier molecular flexibility index (Phi) is 2.71. The van der Waals surface area contributed by atoms with Crippen LogP contribution in [0.3, 0.4) is 0 Å². The van der Waals surface area contributed by atoms with Gasteiger partial charge in [0.1, 0.15) is 0 Å². The summed E-state index contributed by atoms with van der Waals surface area (Å²) in [4.78, 5) is 5.46. The van der Waals surface area contributed by atoms with Crippen molar-refractivity contribution < 1.29 is 0 Å². The van der Waals surface area contributed by atoms with Gasteiger partial charge < -0.3 is 5.32 Å². The number of hydrogen-bond acceptors (Lipinski definition) is 3. The van der Waals surface area contributed by atoms with E-state index in [1.165, 1.54) is 52.0 Å². The maximum atomic E-state index is 3.48. The fourth-order valence-electron chi connectivity index (χ4n) is 3.21. The van der Waals surface area contributed by atoms with Crippen LogP contribution in [0.4, 0.5) is 0 Å². The molecule has 0 aromatic heterocycles. The molecule has 1 saturated carbocycles. The van der Waals surface area contributed by atoms with Crippen molar-refractivity contribution in [3.63, 3.8) is 0 Å². The highest BCUT2D eigenvalue weighted by Crippen LogP contribution is 2.31. The van der Waals surface area contributed by atoms with Gasteiger partial charge >= 0.3 is 0 Å². The Morgan fingerprint density at radius 2 is 1.93 bits per heavy atom. The van der Waals surface area contributed by atoms with Crippen molar-refractivity contribution in [3.8, 4) is 0 Å². The Labute approximate surface area is 92.8 Å². The van der Waals surface area contributed by atoms with Gasteiger partial charge in [0.05, 0.1) is 0 Å².